The number of nitrogens with one attached hydrogen (secondary N) is 2. The quantitative estimate of drug-likeness (QED) is 0.0545. The average molecular weight is 1890 g/mol. The summed E-state index contributed by atoms with van der Waals surface area (Å²) < 4.78 is 5.16. The van der Waals surface area contributed by atoms with Crippen molar-refractivity contribution in [2.24, 2.45) is 52.8 Å². The van der Waals surface area contributed by atoms with Crippen molar-refractivity contribution in [2.45, 2.75) is 370 Å². The maximum absolute atomic E-state index is 12.0. The number of amides is 3. The first-order valence-electron chi connectivity index (χ1n) is 53.0. The van der Waals surface area contributed by atoms with Crippen LogP contribution in [0.15, 0.2) is 48.5 Å². The standard InChI is InChI=1S/C17H24.C14H19NO2.C11H23N3O.C11H21NO.C10H20N2O.3C10H19NO.C9H19N3.C8H15NO3/c1-13(2)14-7-9-17(10-8-14)11-15-5-3-4-6-16(15)12-17;1-4-17-14(16)13-9-11-7-5-6-8-12(11)15(13)10(2)3;1-9(2)12-11(15)14-7-5-13(6-8-14)10(3)4;1-9(2)11-4-6-12(7-5-11)8-10(3)13;1-9(2)12-6-4-11(5-7-12)8-10(3)13;2*1-8(2)11-6-4-10(5-7-11)9(3)12;1-8(2)10-4-6-11(7-5-10)9(3)12;1-8(2)11-4-6-12(7-5-11)9(3)10;1-5(2)9-4-6(10)3-7(9)8(11)12/h3-6,13-14H,7-12H2,1-2H3;5-8,10,13H,4,9H2,1-3H3;9-10H,5-8H2,1-4H3,(H,12,15);9,11H,4-8H2,1-3H3;9H,4-8H2,1-3H3;4*8,10H,4-7H2,1-3H3;5-7,10H,3-4H2,1-2H3,(H,11,12)/t;;;;;;;;;6-,7+/m.........1/s1. The van der Waals surface area contributed by atoms with Crippen molar-refractivity contribution in [1.82, 2.24) is 59.2 Å². The van der Waals surface area contributed by atoms with E-state index in [4.69, 9.17) is 15.3 Å². The number of esters is 1. The minimum atomic E-state index is -0.833. The van der Waals surface area contributed by atoms with Gasteiger partial charge < -0.3 is 49.7 Å². The van der Waals surface area contributed by atoms with Gasteiger partial charge in [-0.3, -0.25) is 63.6 Å². The molecule has 9 aliphatic heterocycles. The first-order valence-corrected chi connectivity index (χ1v) is 53.0. The van der Waals surface area contributed by atoms with Crippen LogP contribution in [-0.4, -0.2) is 341 Å². The van der Waals surface area contributed by atoms with Gasteiger partial charge in [0.05, 0.1) is 31.6 Å². The molecular formula is C110H198N14O11. The summed E-state index contributed by atoms with van der Waals surface area (Å²) in [5.41, 5.74) is 6.32. The van der Waals surface area contributed by atoms with Gasteiger partial charge in [0.15, 0.2) is 0 Å². The number of carbonyl (C=O) groups is 8. The number of ketones is 4. The van der Waals surface area contributed by atoms with Gasteiger partial charge in [0, 0.05) is 184 Å². The predicted octanol–water partition coefficient (Wildman–Crippen LogP) is 16.9. The number of aliphatic carboxylic acids is 1. The van der Waals surface area contributed by atoms with Crippen LogP contribution in [-0.2, 0) is 57.6 Å². The van der Waals surface area contributed by atoms with Gasteiger partial charge in [0.25, 0.3) is 0 Å². The summed E-state index contributed by atoms with van der Waals surface area (Å²) in [4.78, 5) is 116. The summed E-state index contributed by atoms with van der Waals surface area (Å²) in [6.45, 7) is 83.3. The number of nitrogens with zero attached hydrogens (tertiary/aromatic N) is 12. The fourth-order valence-electron chi connectivity index (χ4n) is 20.9. The lowest BCUT2D eigenvalue weighted by molar-refractivity contribution is -0.145. The second-order valence-electron chi connectivity index (χ2n) is 44.0. The van der Waals surface area contributed by atoms with Crippen LogP contribution in [0.4, 0.5) is 10.5 Å². The van der Waals surface area contributed by atoms with Crippen molar-refractivity contribution in [3.8, 4) is 0 Å². The molecule has 774 valence electrons. The third kappa shape index (κ3) is 43.8. The predicted molar refractivity (Wildman–Crippen MR) is 557 cm³/mol. The Morgan fingerprint density at radius 2 is 0.785 bits per heavy atom. The minimum Gasteiger partial charge on any atom is -0.480 e. The first-order chi connectivity index (χ1) is 63.5. The highest BCUT2D eigenvalue weighted by atomic mass is 16.5. The smallest absolute Gasteiger partial charge is 0.329 e. The van der Waals surface area contributed by atoms with Crippen molar-refractivity contribution < 1.29 is 53.3 Å². The molecule has 1 unspecified atom stereocenters. The van der Waals surface area contributed by atoms with Crippen molar-refractivity contribution >= 4 is 58.5 Å². The van der Waals surface area contributed by atoms with Gasteiger partial charge in [-0.2, -0.15) is 0 Å². The monoisotopic (exact) mass is 1890 g/mol. The fourth-order valence-corrected chi connectivity index (χ4v) is 20.9. The zero-order valence-electron chi connectivity index (χ0n) is 90.8. The molecule has 0 aromatic heterocycles. The molecule has 1 saturated carbocycles. The van der Waals surface area contributed by atoms with E-state index in [1.54, 1.807) is 45.7 Å². The van der Waals surface area contributed by atoms with Gasteiger partial charge in [-0.15, -0.1) is 0 Å². The van der Waals surface area contributed by atoms with Gasteiger partial charge in [-0.05, 0) is 345 Å². The molecule has 13 rings (SSSR count). The minimum absolute atomic E-state index is 0.0772. The topological polar surface area (TPSA) is 261 Å². The van der Waals surface area contributed by atoms with Gasteiger partial charge in [-0.25, -0.2) is 9.59 Å². The number of aliphatic hydroxyl groups excluding tert-OH is 1. The largest absolute Gasteiger partial charge is 0.480 e. The van der Waals surface area contributed by atoms with Crippen LogP contribution in [0.2, 0.25) is 0 Å². The number of benzene rings is 2. The maximum atomic E-state index is 12.0. The molecule has 9 fully saturated rings. The number of carbonyl (C=O) groups excluding carboxylic acids is 7. The molecule has 25 nitrogen and oxygen atoms in total. The Kier molecular flexibility index (Phi) is 55.7. The molecule has 3 amide bonds. The number of piperazine rings is 3. The Labute approximate surface area is 822 Å². The number of urea groups is 1. The summed E-state index contributed by atoms with van der Waals surface area (Å²) in [5.74, 6) is 7.17. The van der Waals surface area contributed by atoms with Crippen molar-refractivity contribution in [2.75, 3.05) is 162 Å². The summed E-state index contributed by atoms with van der Waals surface area (Å²) in [6, 6.07) is 20.6. The zero-order valence-corrected chi connectivity index (χ0v) is 90.8. The van der Waals surface area contributed by atoms with Gasteiger partial charge in [0.2, 0.25) is 5.91 Å². The van der Waals surface area contributed by atoms with Crippen LogP contribution in [0.25, 0.3) is 0 Å². The van der Waals surface area contributed by atoms with E-state index in [0.717, 1.165) is 199 Å². The number of ether oxygens (including phenoxy) is 1. The number of carboxylic acid groups (broad SMARTS) is 1. The van der Waals surface area contributed by atoms with E-state index in [0.29, 0.717) is 109 Å². The number of rotatable bonds is 20. The fraction of sp³-hybridized carbons (Fsp3) is 0.809. The zero-order chi connectivity index (χ0) is 101. The third-order valence-electron chi connectivity index (χ3n) is 30.1. The molecule has 2 aliphatic carbocycles. The average Bonchev–Trinajstić information content (AvgIpc) is 1.64. The number of anilines is 1. The number of Topliss-reactive ketones (excluding diaryl/α,β-unsaturated/α-hetero) is 4. The molecule has 25 heteroatoms. The number of carboxylic acids is 1. The highest BCUT2D eigenvalue weighted by Crippen LogP contribution is 2.50. The molecule has 0 bridgehead atoms. The molecule has 11 aliphatic rings. The lowest BCUT2D eigenvalue weighted by Crippen LogP contribution is -2.54. The molecule has 1 spiro atoms. The SMILES string of the molecule is CC(=N)N1CCN(C(C)C)CC1.CC(=O)C1CCN(C(C)C)CC1.CC(=O)C1CCN(C(C)C)CC1.CC(=O)CN1CCC(C(C)C)CC1.CC(=O)CN1CCN(C(C)C)CC1.CC(=O)N1CCC(C(C)C)CC1.CC(C)C1CCC2(CC1)Cc1ccccc1C2.CC(C)N1C[C@H](O)C[C@H]1C(=O)O.CC(C)NC(=O)N1CCN(C(C)C)CC1.CCOC(=O)C1Cc2ccccc2N1C(C)C. The van der Waals surface area contributed by atoms with Crippen LogP contribution in [0.3, 0.4) is 0 Å². The van der Waals surface area contributed by atoms with E-state index < -0.39 is 18.1 Å². The van der Waals surface area contributed by atoms with Gasteiger partial charge in [0.1, 0.15) is 35.2 Å². The molecule has 2 aromatic rings. The highest BCUT2D eigenvalue weighted by molar-refractivity contribution is 5.84. The van der Waals surface area contributed by atoms with Crippen LogP contribution >= 0.6 is 0 Å². The maximum Gasteiger partial charge on any atom is 0.329 e. The van der Waals surface area contributed by atoms with Crippen molar-refractivity contribution in [3.05, 3.63) is 65.2 Å². The molecule has 4 N–H and O–H groups in total. The lowest BCUT2D eigenvalue weighted by atomic mass is 9.66. The first kappa shape index (κ1) is 121. The van der Waals surface area contributed by atoms with E-state index in [9.17, 15) is 43.5 Å². The molecule has 0 radical (unpaired) electrons. The van der Waals surface area contributed by atoms with Crippen LogP contribution < -0.4 is 10.2 Å². The van der Waals surface area contributed by atoms with Crippen molar-refractivity contribution in [3.63, 3.8) is 0 Å². The molecule has 8 saturated heterocycles. The number of hydrogen-bond donors (Lipinski definition) is 4. The van der Waals surface area contributed by atoms with E-state index >= 15 is 0 Å². The summed E-state index contributed by atoms with van der Waals surface area (Å²) in [5, 5.41) is 28.5. The Hall–Kier alpha value is -6.29. The Balaban J connectivity index is 0.000000314. The number of aliphatic hydroxyl groups is 1. The Morgan fingerprint density at radius 3 is 1.12 bits per heavy atom. The Morgan fingerprint density at radius 1 is 0.422 bits per heavy atom. The van der Waals surface area contributed by atoms with E-state index in [1.807, 2.05) is 68.4 Å². The van der Waals surface area contributed by atoms with Crippen LogP contribution in [0, 0.1) is 58.2 Å². The Bertz CT molecular complexity index is 3510. The summed E-state index contributed by atoms with van der Waals surface area (Å²) in [6.07, 6.45) is 18.4. The second-order valence-corrected chi connectivity index (χ2v) is 44.0. The molecule has 9 heterocycles. The van der Waals surface area contributed by atoms with E-state index in [2.05, 4.69) is 210 Å². The molecule has 3 atom stereocenters. The highest BCUT2D eigenvalue weighted by Gasteiger charge is 2.42. The number of likely N-dealkylation sites (tertiary alicyclic amines) is 5. The van der Waals surface area contributed by atoms with E-state index in [-0.39, 0.29) is 41.8 Å². The number of fused-ring (bicyclic) bond motifs is 2. The molecule has 2 aromatic carbocycles. The van der Waals surface area contributed by atoms with Gasteiger partial charge >= 0.3 is 18.0 Å². The number of piperidine rings is 4. The van der Waals surface area contributed by atoms with Crippen molar-refractivity contribution in [1.29, 1.82) is 5.41 Å². The summed E-state index contributed by atoms with van der Waals surface area (Å²) in [7, 11) is 0. The number of para-hydroxylation sites is 1. The third-order valence-corrected chi connectivity index (χ3v) is 30.1. The summed E-state index contributed by atoms with van der Waals surface area (Å²) >= 11 is 0. The van der Waals surface area contributed by atoms with E-state index in [1.165, 1.54) is 75.5 Å². The number of hydrogen-bond acceptors (Lipinski definition) is 20. The number of β-amino-alcohol motifs (C(OH)–C–C–N with tert-alkyl or cyclic N) is 1. The molecule has 135 heavy (non-hydrogen) atoms. The molecular weight excluding hydrogens is 1690 g/mol. The van der Waals surface area contributed by atoms with Gasteiger partial charge in [-0.1, -0.05) is 84.0 Å². The number of amidine groups is 1. The van der Waals surface area contributed by atoms with Crippen LogP contribution in [0.1, 0.15) is 301 Å². The van der Waals surface area contributed by atoms with Crippen LogP contribution in [0.5, 0.6) is 0 Å². The lowest BCUT2D eigenvalue weighted by Gasteiger charge is -2.38. The second kappa shape index (κ2) is 62.1. The normalized spacial score (nSPS) is 21.6.